The SMILES string of the molecule is CC(C)c1cccc(-n2c(CCNC(=O)OC(C)(C)C)nc3cccc(Cl)c3c2=O)c1. The Morgan fingerprint density at radius 1 is 1.19 bits per heavy atom. The van der Waals surface area contributed by atoms with E-state index >= 15 is 0 Å². The molecule has 1 aromatic heterocycles. The largest absolute Gasteiger partial charge is 0.444 e. The van der Waals surface area contributed by atoms with Crippen molar-refractivity contribution in [2.45, 2.75) is 52.6 Å². The number of carbonyl (C=O) groups is 1. The average Bonchev–Trinajstić information content (AvgIpc) is 2.66. The molecule has 0 bridgehead atoms. The number of alkyl carbamates (subject to hydrolysis) is 1. The van der Waals surface area contributed by atoms with Crippen LogP contribution in [-0.4, -0.2) is 27.8 Å². The highest BCUT2D eigenvalue weighted by Gasteiger charge is 2.18. The first kappa shape index (κ1) is 22.8. The Labute approximate surface area is 187 Å². The molecular weight excluding hydrogens is 414 g/mol. The zero-order valence-electron chi connectivity index (χ0n) is 18.5. The summed E-state index contributed by atoms with van der Waals surface area (Å²) in [5, 5.41) is 3.47. The number of ether oxygens (including phenoxy) is 1. The highest BCUT2D eigenvalue weighted by Crippen LogP contribution is 2.22. The first-order valence-corrected chi connectivity index (χ1v) is 10.7. The molecule has 1 heterocycles. The summed E-state index contributed by atoms with van der Waals surface area (Å²) in [5.41, 5.74) is 1.55. The molecule has 6 nitrogen and oxygen atoms in total. The summed E-state index contributed by atoms with van der Waals surface area (Å²) in [6.07, 6.45) is -0.157. The van der Waals surface area contributed by atoms with E-state index in [-0.39, 0.29) is 12.1 Å². The lowest BCUT2D eigenvalue weighted by Crippen LogP contribution is -2.34. The summed E-state index contributed by atoms with van der Waals surface area (Å²) in [4.78, 5) is 30.2. The van der Waals surface area contributed by atoms with Crippen LogP contribution in [0.15, 0.2) is 47.3 Å². The van der Waals surface area contributed by atoms with E-state index in [4.69, 9.17) is 21.3 Å². The van der Waals surface area contributed by atoms with E-state index < -0.39 is 11.7 Å². The van der Waals surface area contributed by atoms with Gasteiger partial charge in [0, 0.05) is 13.0 Å². The maximum atomic E-state index is 13.5. The molecule has 7 heteroatoms. The zero-order valence-corrected chi connectivity index (χ0v) is 19.3. The number of fused-ring (bicyclic) bond motifs is 1. The molecule has 0 aliphatic heterocycles. The molecule has 0 spiro atoms. The van der Waals surface area contributed by atoms with E-state index in [1.807, 2.05) is 24.3 Å². The Balaban J connectivity index is 2.04. The highest BCUT2D eigenvalue weighted by atomic mass is 35.5. The van der Waals surface area contributed by atoms with Gasteiger partial charge in [-0.2, -0.15) is 0 Å². The lowest BCUT2D eigenvalue weighted by atomic mass is 10.0. The maximum absolute atomic E-state index is 13.5. The molecule has 0 saturated heterocycles. The Morgan fingerprint density at radius 3 is 2.58 bits per heavy atom. The monoisotopic (exact) mass is 441 g/mol. The molecule has 0 unspecified atom stereocenters. The number of halogens is 1. The van der Waals surface area contributed by atoms with Crippen molar-refractivity contribution in [3.8, 4) is 5.69 Å². The standard InChI is InChI=1S/C24H28ClN3O3/c1-15(2)16-8-6-9-17(14-16)28-20(12-13-26-23(30)31-24(3,4)5)27-19-11-7-10-18(25)21(19)22(28)29/h6-11,14-15H,12-13H2,1-5H3,(H,26,30). The normalized spacial score (nSPS) is 11.7. The summed E-state index contributed by atoms with van der Waals surface area (Å²) in [5.74, 6) is 0.849. The molecule has 0 saturated carbocycles. The molecular formula is C24H28ClN3O3. The molecule has 3 rings (SSSR count). The lowest BCUT2D eigenvalue weighted by Gasteiger charge is -2.20. The highest BCUT2D eigenvalue weighted by molar-refractivity contribution is 6.35. The third kappa shape index (κ3) is 5.44. The number of hydrogen-bond acceptors (Lipinski definition) is 4. The van der Waals surface area contributed by atoms with Gasteiger partial charge in [-0.1, -0.05) is 43.6 Å². The first-order valence-electron chi connectivity index (χ1n) is 10.3. The fourth-order valence-electron chi connectivity index (χ4n) is 3.28. The summed E-state index contributed by atoms with van der Waals surface area (Å²) in [6, 6.07) is 13.0. The Bertz CT molecular complexity index is 1160. The minimum Gasteiger partial charge on any atom is -0.444 e. The van der Waals surface area contributed by atoms with Crippen LogP contribution in [0, 0.1) is 0 Å². The summed E-state index contributed by atoms with van der Waals surface area (Å²) in [6.45, 7) is 9.89. The second-order valence-corrected chi connectivity index (χ2v) is 9.14. The fourth-order valence-corrected chi connectivity index (χ4v) is 3.53. The molecule has 3 aromatic rings. The van der Waals surface area contributed by atoms with Gasteiger partial charge >= 0.3 is 6.09 Å². The molecule has 1 N–H and O–H groups in total. The number of benzene rings is 2. The number of carbonyl (C=O) groups excluding carboxylic acids is 1. The second kappa shape index (κ2) is 9.10. The van der Waals surface area contributed by atoms with Gasteiger partial charge in [0.05, 0.1) is 21.6 Å². The van der Waals surface area contributed by atoms with Crippen molar-refractivity contribution in [1.29, 1.82) is 0 Å². The van der Waals surface area contributed by atoms with Crippen LogP contribution in [0.2, 0.25) is 5.02 Å². The van der Waals surface area contributed by atoms with Crippen LogP contribution in [-0.2, 0) is 11.2 Å². The Kier molecular flexibility index (Phi) is 6.70. The van der Waals surface area contributed by atoms with Gasteiger partial charge in [0.15, 0.2) is 0 Å². The molecule has 0 radical (unpaired) electrons. The maximum Gasteiger partial charge on any atom is 0.407 e. The molecule has 31 heavy (non-hydrogen) atoms. The van der Waals surface area contributed by atoms with Crippen molar-refractivity contribution in [2.24, 2.45) is 0 Å². The van der Waals surface area contributed by atoms with Crippen molar-refractivity contribution >= 4 is 28.6 Å². The summed E-state index contributed by atoms with van der Waals surface area (Å²) < 4.78 is 6.87. The number of nitrogens with zero attached hydrogens (tertiary/aromatic N) is 2. The molecule has 1 amide bonds. The average molecular weight is 442 g/mol. The molecule has 164 valence electrons. The predicted octanol–water partition coefficient (Wildman–Crippen LogP) is 5.23. The van der Waals surface area contributed by atoms with Crippen molar-refractivity contribution in [1.82, 2.24) is 14.9 Å². The van der Waals surface area contributed by atoms with Crippen LogP contribution in [0.3, 0.4) is 0 Å². The van der Waals surface area contributed by atoms with Gasteiger partial charge in [0.2, 0.25) is 0 Å². The third-order valence-corrected chi connectivity index (χ3v) is 5.04. The van der Waals surface area contributed by atoms with Crippen LogP contribution >= 0.6 is 11.6 Å². The quantitative estimate of drug-likeness (QED) is 0.588. The fraction of sp³-hybridized carbons (Fsp3) is 0.375. The summed E-state index contributed by atoms with van der Waals surface area (Å²) >= 11 is 6.34. The Morgan fingerprint density at radius 2 is 1.90 bits per heavy atom. The smallest absolute Gasteiger partial charge is 0.407 e. The van der Waals surface area contributed by atoms with Gasteiger partial charge in [-0.25, -0.2) is 9.78 Å². The molecule has 0 fully saturated rings. The predicted molar refractivity (Wildman–Crippen MR) is 124 cm³/mol. The van der Waals surface area contributed by atoms with Gasteiger partial charge in [-0.15, -0.1) is 0 Å². The van der Waals surface area contributed by atoms with Crippen LogP contribution < -0.4 is 10.9 Å². The van der Waals surface area contributed by atoms with E-state index in [1.165, 1.54) is 0 Å². The van der Waals surface area contributed by atoms with Crippen molar-refractivity contribution in [3.63, 3.8) is 0 Å². The molecule has 0 aliphatic carbocycles. The minimum absolute atomic E-state index is 0.233. The Hall–Kier alpha value is -2.86. The van der Waals surface area contributed by atoms with Gasteiger partial charge in [-0.3, -0.25) is 9.36 Å². The number of aromatic nitrogens is 2. The number of rotatable bonds is 5. The van der Waals surface area contributed by atoms with Crippen molar-refractivity contribution < 1.29 is 9.53 Å². The van der Waals surface area contributed by atoms with E-state index in [2.05, 4.69) is 19.2 Å². The van der Waals surface area contributed by atoms with E-state index in [0.717, 1.165) is 11.3 Å². The third-order valence-electron chi connectivity index (χ3n) is 4.73. The van der Waals surface area contributed by atoms with Crippen LogP contribution in [0.25, 0.3) is 16.6 Å². The zero-order chi connectivity index (χ0) is 22.8. The lowest BCUT2D eigenvalue weighted by molar-refractivity contribution is 0.0528. The summed E-state index contributed by atoms with van der Waals surface area (Å²) in [7, 11) is 0. The van der Waals surface area contributed by atoms with Crippen LogP contribution in [0.4, 0.5) is 4.79 Å². The molecule has 2 aromatic carbocycles. The van der Waals surface area contributed by atoms with E-state index in [9.17, 15) is 9.59 Å². The van der Waals surface area contributed by atoms with E-state index in [0.29, 0.717) is 34.1 Å². The van der Waals surface area contributed by atoms with Crippen LogP contribution in [0.5, 0.6) is 0 Å². The number of hydrogen-bond donors (Lipinski definition) is 1. The molecule has 0 aliphatic rings. The first-order chi connectivity index (χ1) is 14.6. The number of nitrogens with one attached hydrogen (secondary N) is 1. The van der Waals surface area contributed by atoms with Gasteiger partial charge in [-0.05, 0) is 56.5 Å². The van der Waals surface area contributed by atoms with Crippen LogP contribution in [0.1, 0.15) is 51.9 Å². The van der Waals surface area contributed by atoms with Gasteiger partial charge < -0.3 is 10.1 Å². The van der Waals surface area contributed by atoms with Crippen molar-refractivity contribution in [2.75, 3.05) is 6.54 Å². The van der Waals surface area contributed by atoms with E-state index in [1.54, 1.807) is 43.5 Å². The van der Waals surface area contributed by atoms with Gasteiger partial charge in [0.1, 0.15) is 11.4 Å². The second-order valence-electron chi connectivity index (χ2n) is 8.73. The van der Waals surface area contributed by atoms with Crippen molar-refractivity contribution in [3.05, 3.63) is 69.2 Å². The minimum atomic E-state index is -0.582. The molecule has 0 atom stereocenters. The van der Waals surface area contributed by atoms with Gasteiger partial charge in [0.25, 0.3) is 5.56 Å². The topological polar surface area (TPSA) is 73.2 Å². The number of amides is 1.